The number of rotatable bonds is 8. The lowest BCUT2D eigenvalue weighted by atomic mass is 10.1. The zero-order valence-electron chi connectivity index (χ0n) is 17.9. The summed E-state index contributed by atoms with van der Waals surface area (Å²) in [5.41, 5.74) is 0.839. The van der Waals surface area contributed by atoms with Gasteiger partial charge in [0.05, 0.1) is 12.3 Å². The summed E-state index contributed by atoms with van der Waals surface area (Å²) < 4.78 is 48.2. The molecule has 0 aliphatic heterocycles. The lowest BCUT2D eigenvalue weighted by molar-refractivity contribution is -0.274. The van der Waals surface area contributed by atoms with E-state index < -0.39 is 29.6 Å². The van der Waals surface area contributed by atoms with Gasteiger partial charge in [-0.2, -0.15) is 5.10 Å². The van der Waals surface area contributed by atoms with E-state index in [1.165, 1.54) is 31.2 Å². The first-order valence-corrected chi connectivity index (χ1v) is 10.1. The van der Waals surface area contributed by atoms with Gasteiger partial charge in [0.2, 0.25) is 5.91 Å². The summed E-state index contributed by atoms with van der Waals surface area (Å²) in [5.74, 6) is -0.307. The molecule has 1 amide bonds. The topological polar surface area (TPSA) is 82.5 Å². The molecule has 0 aliphatic carbocycles. The van der Waals surface area contributed by atoms with Crippen molar-refractivity contribution in [3.8, 4) is 22.8 Å². The predicted octanol–water partition coefficient (Wildman–Crippen LogP) is 4.09. The number of amides is 1. The van der Waals surface area contributed by atoms with Gasteiger partial charge in [-0.1, -0.05) is 18.2 Å². The van der Waals surface area contributed by atoms with Crippen molar-refractivity contribution in [2.45, 2.75) is 32.8 Å². The molecular formula is C23H22F3N3O4. The monoisotopic (exact) mass is 461 g/mol. The fraction of sp³-hybridized carbons (Fsp3) is 0.261. The van der Waals surface area contributed by atoms with E-state index in [1.54, 1.807) is 30.3 Å². The number of nitrogens with zero attached hydrogens (tertiary/aromatic N) is 2. The van der Waals surface area contributed by atoms with Crippen molar-refractivity contribution >= 4 is 5.91 Å². The second kappa shape index (κ2) is 10.2. The minimum Gasteiger partial charge on any atom is -0.494 e. The molecule has 1 unspecified atom stereocenters. The van der Waals surface area contributed by atoms with Crippen LogP contribution in [0.3, 0.4) is 0 Å². The van der Waals surface area contributed by atoms with E-state index in [-0.39, 0.29) is 12.1 Å². The molecule has 1 atom stereocenters. The van der Waals surface area contributed by atoms with Crippen molar-refractivity contribution in [2.24, 2.45) is 0 Å². The van der Waals surface area contributed by atoms with Crippen LogP contribution in [0.15, 0.2) is 65.5 Å². The highest BCUT2D eigenvalue weighted by Gasteiger charge is 2.32. The third kappa shape index (κ3) is 6.34. The third-order valence-electron chi connectivity index (χ3n) is 4.68. The molecule has 1 heterocycles. The van der Waals surface area contributed by atoms with Crippen LogP contribution in [0.1, 0.15) is 25.5 Å². The van der Waals surface area contributed by atoms with Gasteiger partial charge in [-0.05, 0) is 50.2 Å². The number of ether oxygens (including phenoxy) is 2. The van der Waals surface area contributed by atoms with Crippen LogP contribution in [0, 0.1) is 0 Å². The van der Waals surface area contributed by atoms with Crippen LogP contribution in [-0.4, -0.2) is 28.7 Å². The molecule has 3 rings (SSSR count). The van der Waals surface area contributed by atoms with Crippen molar-refractivity contribution in [3.05, 3.63) is 76.6 Å². The molecule has 1 N–H and O–H groups in total. The Morgan fingerprint density at radius 2 is 1.79 bits per heavy atom. The summed E-state index contributed by atoms with van der Waals surface area (Å²) in [4.78, 5) is 25.0. The fourth-order valence-electron chi connectivity index (χ4n) is 3.06. The summed E-state index contributed by atoms with van der Waals surface area (Å²) in [7, 11) is 0. The smallest absolute Gasteiger partial charge is 0.494 e. The molecule has 174 valence electrons. The number of hydrogen-bond acceptors (Lipinski definition) is 5. The molecule has 33 heavy (non-hydrogen) atoms. The first-order valence-electron chi connectivity index (χ1n) is 10.1. The normalized spacial score (nSPS) is 12.2. The molecule has 0 spiro atoms. The molecule has 0 radical (unpaired) electrons. The van der Waals surface area contributed by atoms with Gasteiger partial charge in [0.1, 0.15) is 17.5 Å². The van der Waals surface area contributed by atoms with Crippen LogP contribution >= 0.6 is 0 Å². The minimum atomic E-state index is -4.86. The Kier molecular flexibility index (Phi) is 7.37. The number of benzene rings is 2. The molecule has 0 saturated heterocycles. The highest BCUT2D eigenvalue weighted by molar-refractivity contribution is 5.79. The Morgan fingerprint density at radius 1 is 1.09 bits per heavy atom. The number of carbonyl (C=O) groups excluding carboxylic acids is 1. The lowest BCUT2D eigenvalue weighted by Crippen LogP contribution is -2.36. The largest absolute Gasteiger partial charge is 0.573 e. The van der Waals surface area contributed by atoms with E-state index in [0.29, 0.717) is 18.1 Å². The zero-order chi connectivity index (χ0) is 24.0. The van der Waals surface area contributed by atoms with Crippen LogP contribution in [0.25, 0.3) is 11.3 Å². The maximum absolute atomic E-state index is 12.6. The van der Waals surface area contributed by atoms with E-state index >= 15 is 0 Å². The van der Waals surface area contributed by atoms with Crippen molar-refractivity contribution in [2.75, 3.05) is 6.61 Å². The quantitative estimate of drug-likeness (QED) is 0.547. The van der Waals surface area contributed by atoms with Gasteiger partial charge in [0, 0.05) is 23.7 Å². The number of nitrogens with one attached hydrogen (secondary N) is 1. The van der Waals surface area contributed by atoms with Gasteiger partial charge < -0.3 is 14.8 Å². The highest BCUT2D eigenvalue weighted by Crippen LogP contribution is 2.26. The van der Waals surface area contributed by atoms with Gasteiger partial charge in [0.25, 0.3) is 5.56 Å². The second-order valence-electron chi connectivity index (χ2n) is 7.01. The third-order valence-corrected chi connectivity index (χ3v) is 4.68. The van der Waals surface area contributed by atoms with Crippen LogP contribution in [-0.2, 0) is 11.3 Å². The number of hydrogen-bond donors (Lipinski definition) is 1. The van der Waals surface area contributed by atoms with E-state index in [2.05, 4.69) is 15.2 Å². The van der Waals surface area contributed by atoms with E-state index in [1.807, 2.05) is 6.92 Å². The molecule has 0 saturated carbocycles. The Balaban J connectivity index is 1.75. The first-order chi connectivity index (χ1) is 15.7. The molecule has 0 aliphatic rings. The summed E-state index contributed by atoms with van der Waals surface area (Å²) in [6.07, 6.45) is -4.86. The van der Waals surface area contributed by atoms with Crippen LogP contribution in [0.5, 0.6) is 11.5 Å². The number of halogens is 3. The maximum Gasteiger partial charge on any atom is 0.573 e. The molecular weight excluding hydrogens is 439 g/mol. The van der Waals surface area contributed by atoms with Gasteiger partial charge in [-0.3, -0.25) is 9.59 Å². The number of alkyl halides is 3. The molecule has 10 heteroatoms. The Morgan fingerprint density at radius 3 is 2.45 bits per heavy atom. The predicted molar refractivity (Wildman–Crippen MR) is 115 cm³/mol. The van der Waals surface area contributed by atoms with E-state index in [9.17, 15) is 22.8 Å². The molecule has 2 aromatic carbocycles. The molecule has 1 aromatic heterocycles. The summed E-state index contributed by atoms with van der Waals surface area (Å²) >= 11 is 0. The van der Waals surface area contributed by atoms with E-state index in [0.717, 1.165) is 16.3 Å². The molecule has 7 nitrogen and oxygen atoms in total. The maximum atomic E-state index is 12.6. The Hall–Kier alpha value is -3.82. The average Bonchev–Trinajstić information content (AvgIpc) is 2.78. The van der Waals surface area contributed by atoms with Crippen molar-refractivity contribution < 1.29 is 27.4 Å². The van der Waals surface area contributed by atoms with Gasteiger partial charge in [-0.15, -0.1) is 13.2 Å². The zero-order valence-corrected chi connectivity index (χ0v) is 17.9. The Labute approximate surface area is 187 Å². The lowest BCUT2D eigenvalue weighted by Gasteiger charge is -2.17. The summed E-state index contributed by atoms with van der Waals surface area (Å²) in [6, 6.07) is 14.4. The van der Waals surface area contributed by atoms with Crippen molar-refractivity contribution in [1.82, 2.24) is 15.1 Å². The van der Waals surface area contributed by atoms with Crippen LogP contribution in [0.2, 0.25) is 0 Å². The SMILES string of the molecule is CCOc1ccc(-c2ccc(=O)n(C(C)C(=O)NCc3ccccc3OC(F)(F)F)n2)cc1. The molecule has 3 aromatic rings. The molecule has 0 bridgehead atoms. The van der Waals surface area contributed by atoms with Gasteiger partial charge >= 0.3 is 6.36 Å². The van der Waals surface area contributed by atoms with E-state index in [4.69, 9.17) is 4.74 Å². The van der Waals surface area contributed by atoms with Crippen LogP contribution < -0.4 is 20.3 Å². The summed E-state index contributed by atoms with van der Waals surface area (Å²) in [5, 5.41) is 6.82. The van der Waals surface area contributed by atoms with Gasteiger partial charge in [-0.25, -0.2) is 4.68 Å². The number of aromatic nitrogens is 2. The Bertz CT molecular complexity index is 1160. The first kappa shape index (κ1) is 23.8. The standard InChI is InChI=1S/C23H22F3N3O4/c1-3-32-18-10-8-16(9-11-18)19-12-13-21(30)29(28-19)15(2)22(31)27-14-17-6-4-5-7-20(17)33-23(24,25)26/h4-13,15H,3,14H2,1-2H3,(H,27,31). The average molecular weight is 461 g/mol. The van der Waals surface area contributed by atoms with Crippen LogP contribution in [0.4, 0.5) is 13.2 Å². The molecule has 0 fully saturated rings. The van der Waals surface area contributed by atoms with Crippen molar-refractivity contribution in [1.29, 1.82) is 0 Å². The minimum absolute atomic E-state index is 0.138. The fourth-order valence-corrected chi connectivity index (χ4v) is 3.06. The van der Waals surface area contributed by atoms with Crippen molar-refractivity contribution in [3.63, 3.8) is 0 Å². The number of para-hydroxylation sites is 1. The van der Waals surface area contributed by atoms with Gasteiger partial charge in [0.15, 0.2) is 0 Å². The summed E-state index contributed by atoms with van der Waals surface area (Å²) in [6.45, 7) is 3.66. The highest BCUT2D eigenvalue weighted by atomic mass is 19.4. The number of carbonyl (C=O) groups is 1. The second-order valence-corrected chi connectivity index (χ2v) is 7.01.